The number of nitrogens with zero attached hydrogens (tertiary/aromatic N) is 1. The summed E-state index contributed by atoms with van der Waals surface area (Å²) in [5, 5.41) is 6.64. The van der Waals surface area contributed by atoms with Gasteiger partial charge in [-0.1, -0.05) is 6.92 Å². The van der Waals surface area contributed by atoms with Gasteiger partial charge in [-0.3, -0.25) is 4.99 Å². The maximum Gasteiger partial charge on any atom is 0.191 e. The molecule has 0 aliphatic heterocycles. The highest BCUT2D eigenvalue weighted by Crippen LogP contribution is 2.34. The molecule has 0 unspecified atom stereocenters. The van der Waals surface area contributed by atoms with Crippen molar-refractivity contribution < 1.29 is 14.2 Å². The number of nitrogens with one attached hydrogen (secondary N) is 2. The predicted molar refractivity (Wildman–Crippen MR) is 122 cm³/mol. The van der Waals surface area contributed by atoms with E-state index in [4.69, 9.17) is 14.2 Å². The molecule has 2 aromatic rings. The zero-order chi connectivity index (χ0) is 18.9. The molecule has 1 aromatic carbocycles. The highest BCUT2D eigenvalue weighted by Gasteiger charge is 2.12. The molecule has 27 heavy (non-hydrogen) atoms. The quantitative estimate of drug-likeness (QED) is 0.325. The summed E-state index contributed by atoms with van der Waals surface area (Å²) < 4.78 is 16.2. The van der Waals surface area contributed by atoms with Crippen LogP contribution in [0.1, 0.15) is 22.2 Å². The van der Waals surface area contributed by atoms with Gasteiger partial charge in [0, 0.05) is 35.0 Å². The highest BCUT2D eigenvalue weighted by molar-refractivity contribution is 14.0. The maximum absolute atomic E-state index is 5.46. The van der Waals surface area contributed by atoms with E-state index in [-0.39, 0.29) is 24.0 Å². The van der Waals surface area contributed by atoms with Crippen molar-refractivity contribution in [1.29, 1.82) is 0 Å². The van der Waals surface area contributed by atoms with E-state index in [0.717, 1.165) is 30.2 Å². The molecule has 0 aliphatic carbocycles. The Labute approximate surface area is 182 Å². The van der Waals surface area contributed by atoms with Crippen LogP contribution in [0.25, 0.3) is 0 Å². The smallest absolute Gasteiger partial charge is 0.191 e. The third-order valence-electron chi connectivity index (χ3n) is 3.95. The number of halogens is 1. The van der Waals surface area contributed by atoms with Gasteiger partial charge in [-0.05, 0) is 24.6 Å². The van der Waals surface area contributed by atoms with Crippen LogP contribution in [-0.4, -0.2) is 34.3 Å². The van der Waals surface area contributed by atoms with Crippen LogP contribution < -0.4 is 24.8 Å². The minimum absolute atomic E-state index is 0. The highest BCUT2D eigenvalue weighted by atomic mass is 127. The number of hydrogen-bond acceptors (Lipinski definition) is 5. The van der Waals surface area contributed by atoms with Crippen molar-refractivity contribution in [2.24, 2.45) is 4.99 Å². The fourth-order valence-corrected chi connectivity index (χ4v) is 3.41. The van der Waals surface area contributed by atoms with Gasteiger partial charge in [0.15, 0.2) is 17.5 Å². The summed E-state index contributed by atoms with van der Waals surface area (Å²) in [5.74, 6) is 2.77. The average molecular weight is 505 g/mol. The lowest BCUT2D eigenvalue weighted by Crippen LogP contribution is -2.36. The third-order valence-corrected chi connectivity index (χ3v) is 5.18. The first-order chi connectivity index (χ1) is 12.6. The molecule has 0 saturated carbocycles. The molecule has 2 rings (SSSR count). The van der Waals surface area contributed by atoms with E-state index in [2.05, 4.69) is 34.7 Å². The molecule has 1 aromatic heterocycles. The summed E-state index contributed by atoms with van der Waals surface area (Å²) in [6.07, 6.45) is 1.07. The average Bonchev–Trinajstić information content (AvgIpc) is 3.15. The monoisotopic (exact) mass is 505 g/mol. The van der Waals surface area contributed by atoms with Crippen molar-refractivity contribution in [2.75, 3.05) is 28.4 Å². The van der Waals surface area contributed by atoms with Gasteiger partial charge in [0.25, 0.3) is 0 Å². The minimum Gasteiger partial charge on any atom is -0.496 e. The second kappa shape index (κ2) is 11.9. The molecule has 0 amide bonds. The van der Waals surface area contributed by atoms with Crippen molar-refractivity contribution in [2.45, 2.75) is 26.4 Å². The zero-order valence-electron chi connectivity index (χ0n) is 16.4. The van der Waals surface area contributed by atoms with Crippen molar-refractivity contribution in [1.82, 2.24) is 10.6 Å². The standard InChI is InChI=1S/C19H27N3O3S.HI/c1-6-14-7-8-15(26-14)12-22-19(20-2)21-11-13-9-17(24-4)18(25-5)10-16(13)23-3;/h7-10H,6,11-12H2,1-5H3,(H2,20,21,22);1H. The van der Waals surface area contributed by atoms with Crippen molar-refractivity contribution in [3.05, 3.63) is 39.6 Å². The number of aliphatic imine (C=N–C) groups is 1. The Bertz CT molecular complexity index is 750. The van der Waals surface area contributed by atoms with E-state index in [0.29, 0.717) is 18.0 Å². The summed E-state index contributed by atoms with van der Waals surface area (Å²) in [7, 11) is 6.62. The fourth-order valence-electron chi connectivity index (χ4n) is 2.51. The van der Waals surface area contributed by atoms with Crippen LogP contribution in [0.2, 0.25) is 0 Å². The molecule has 6 nitrogen and oxygen atoms in total. The summed E-state index contributed by atoms with van der Waals surface area (Å²) >= 11 is 1.82. The second-order valence-electron chi connectivity index (χ2n) is 5.52. The van der Waals surface area contributed by atoms with Crippen LogP contribution in [0.4, 0.5) is 0 Å². The lowest BCUT2D eigenvalue weighted by atomic mass is 10.1. The van der Waals surface area contributed by atoms with Gasteiger partial charge in [-0.2, -0.15) is 0 Å². The van der Waals surface area contributed by atoms with Gasteiger partial charge in [0.1, 0.15) is 5.75 Å². The van der Waals surface area contributed by atoms with Crippen LogP contribution in [-0.2, 0) is 19.5 Å². The molecule has 0 spiro atoms. The number of rotatable bonds is 8. The molecule has 0 saturated heterocycles. The number of aryl methyl sites for hydroxylation is 1. The second-order valence-corrected chi connectivity index (χ2v) is 6.77. The largest absolute Gasteiger partial charge is 0.496 e. The SMILES string of the molecule is CCc1ccc(CNC(=NC)NCc2cc(OC)c(OC)cc2OC)s1.I. The molecule has 0 aliphatic rings. The Hall–Kier alpha value is -1.68. The van der Waals surface area contributed by atoms with E-state index in [1.54, 1.807) is 28.4 Å². The van der Waals surface area contributed by atoms with Crippen LogP contribution in [0.3, 0.4) is 0 Å². The third kappa shape index (κ3) is 6.46. The molecule has 1 heterocycles. The van der Waals surface area contributed by atoms with E-state index in [9.17, 15) is 0 Å². The Balaban J connectivity index is 0.00000364. The van der Waals surface area contributed by atoms with Crippen LogP contribution >= 0.6 is 35.3 Å². The van der Waals surface area contributed by atoms with Crippen molar-refractivity contribution in [3.8, 4) is 17.2 Å². The van der Waals surface area contributed by atoms with E-state index < -0.39 is 0 Å². The molecule has 0 fully saturated rings. The first kappa shape index (κ1) is 23.4. The maximum atomic E-state index is 5.46. The van der Waals surface area contributed by atoms with Gasteiger partial charge in [-0.25, -0.2) is 0 Å². The molecular weight excluding hydrogens is 477 g/mol. The van der Waals surface area contributed by atoms with E-state index >= 15 is 0 Å². The Morgan fingerprint density at radius 1 is 0.926 bits per heavy atom. The van der Waals surface area contributed by atoms with Crippen molar-refractivity contribution in [3.63, 3.8) is 0 Å². The number of thiophene rings is 1. The first-order valence-electron chi connectivity index (χ1n) is 8.46. The normalized spacial score (nSPS) is 10.8. The zero-order valence-corrected chi connectivity index (χ0v) is 19.6. The van der Waals surface area contributed by atoms with Gasteiger partial charge in [0.2, 0.25) is 0 Å². The van der Waals surface area contributed by atoms with Crippen LogP contribution in [0.5, 0.6) is 17.2 Å². The summed E-state index contributed by atoms with van der Waals surface area (Å²) in [4.78, 5) is 6.95. The first-order valence-corrected chi connectivity index (χ1v) is 9.27. The molecule has 150 valence electrons. The molecule has 2 N–H and O–H groups in total. The topological polar surface area (TPSA) is 64.1 Å². The number of ether oxygens (including phenoxy) is 3. The lowest BCUT2D eigenvalue weighted by Gasteiger charge is -2.16. The molecule has 0 bridgehead atoms. The van der Waals surface area contributed by atoms with Crippen LogP contribution in [0.15, 0.2) is 29.3 Å². The number of benzene rings is 1. The lowest BCUT2D eigenvalue weighted by molar-refractivity contribution is 0.347. The van der Waals surface area contributed by atoms with Gasteiger partial charge < -0.3 is 24.8 Å². The molecule has 0 radical (unpaired) electrons. The minimum atomic E-state index is 0. The number of methoxy groups -OCH3 is 3. The Morgan fingerprint density at radius 2 is 1.52 bits per heavy atom. The molecular formula is C19H28IN3O3S. The number of hydrogen-bond donors (Lipinski definition) is 2. The number of guanidine groups is 1. The molecule has 0 atom stereocenters. The van der Waals surface area contributed by atoms with Gasteiger partial charge in [-0.15, -0.1) is 35.3 Å². The van der Waals surface area contributed by atoms with Gasteiger partial charge >= 0.3 is 0 Å². The molecule has 8 heteroatoms. The van der Waals surface area contributed by atoms with Crippen molar-refractivity contribution >= 4 is 41.3 Å². The summed E-state index contributed by atoms with van der Waals surface area (Å²) in [6, 6.07) is 8.06. The van der Waals surface area contributed by atoms with E-state index in [1.165, 1.54) is 9.75 Å². The van der Waals surface area contributed by atoms with Gasteiger partial charge in [0.05, 0.1) is 27.9 Å². The van der Waals surface area contributed by atoms with Crippen LogP contribution in [0, 0.1) is 0 Å². The predicted octanol–water partition coefficient (Wildman–Crippen LogP) is 3.82. The summed E-state index contributed by atoms with van der Waals surface area (Å²) in [5.41, 5.74) is 0.956. The summed E-state index contributed by atoms with van der Waals surface area (Å²) in [6.45, 7) is 3.46. The Kier molecular flexibility index (Phi) is 10.3. The van der Waals surface area contributed by atoms with E-state index in [1.807, 2.05) is 23.5 Å². The Morgan fingerprint density at radius 3 is 2.07 bits per heavy atom. The fraction of sp³-hybridized carbons (Fsp3) is 0.421.